The quantitative estimate of drug-likeness (QED) is 0.144. The molecule has 0 fully saturated rings. The maximum absolute atomic E-state index is 5.43. The third-order valence-electron chi connectivity index (χ3n) is 13.0. The highest BCUT2D eigenvalue weighted by Gasteiger charge is 2.24. The summed E-state index contributed by atoms with van der Waals surface area (Å²) in [6.45, 7) is 0. The van der Waals surface area contributed by atoms with Crippen LogP contribution in [0, 0.1) is 0 Å². The Kier molecular flexibility index (Phi) is 8.92. The van der Waals surface area contributed by atoms with E-state index in [1.807, 2.05) is 97.3 Å². The van der Waals surface area contributed by atoms with Crippen molar-refractivity contribution in [1.82, 2.24) is 54.0 Å². The van der Waals surface area contributed by atoms with E-state index in [0.29, 0.717) is 34.9 Å². The van der Waals surface area contributed by atoms with Crippen LogP contribution in [0.15, 0.2) is 213 Å². The molecular weight excluding hydrogens is 863 g/mol. The Bertz CT molecular complexity index is 4290. The van der Waals surface area contributed by atoms with E-state index in [0.717, 1.165) is 99.1 Å². The molecule has 7 heterocycles. The molecule has 326 valence electrons. The molecule has 0 radical (unpaired) electrons. The molecule has 0 aliphatic heterocycles. The first-order valence-electron chi connectivity index (χ1n) is 22.9. The standard InChI is InChI=1S/C59H35N11/c1-4-15-36(16-5-1)46-32-47(41-31-40-27-26-37-21-14-30-60-52(37)53(40)61-33-41)65-59(64-46)70-48-24-12-10-22-43(48)44-28-29-50-51(54(44)70)45-23-11-13-25-49(45)69(50)58-62-34-42(35-63-58)57-67-55(38-17-6-2-7-18-38)66-56(68-57)39-19-8-3-9-20-39/h1-35H. The van der Waals surface area contributed by atoms with E-state index in [1.54, 1.807) is 12.4 Å². The smallest absolute Gasteiger partial charge is 0.235 e. The summed E-state index contributed by atoms with van der Waals surface area (Å²) in [5, 5.41) is 6.24. The highest BCUT2D eigenvalue weighted by atomic mass is 15.2. The molecule has 70 heavy (non-hydrogen) atoms. The van der Waals surface area contributed by atoms with Gasteiger partial charge in [-0.1, -0.05) is 152 Å². The van der Waals surface area contributed by atoms with Crippen molar-refractivity contribution in [3.05, 3.63) is 213 Å². The van der Waals surface area contributed by atoms with Gasteiger partial charge in [0.1, 0.15) is 0 Å². The molecule has 0 unspecified atom stereocenters. The lowest BCUT2D eigenvalue weighted by atomic mass is 10.1. The third-order valence-corrected chi connectivity index (χ3v) is 13.0. The number of nitrogens with zero attached hydrogens (tertiary/aromatic N) is 11. The monoisotopic (exact) mass is 897 g/mol. The van der Waals surface area contributed by atoms with Crippen molar-refractivity contribution >= 4 is 65.4 Å². The Morgan fingerprint density at radius 3 is 1.57 bits per heavy atom. The number of fused-ring (bicyclic) bond motifs is 10. The molecule has 14 aromatic rings. The lowest BCUT2D eigenvalue weighted by Gasteiger charge is -2.13. The van der Waals surface area contributed by atoms with E-state index in [4.69, 9.17) is 39.9 Å². The van der Waals surface area contributed by atoms with Gasteiger partial charge in [-0.3, -0.25) is 19.1 Å². The molecule has 0 bridgehead atoms. The van der Waals surface area contributed by atoms with Crippen molar-refractivity contribution in [1.29, 1.82) is 0 Å². The van der Waals surface area contributed by atoms with E-state index < -0.39 is 0 Å². The van der Waals surface area contributed by atoms with Crippen LogP contribution in [-0.2, 0) is 0 Å². The molecule has 7 aromatic heterocycles. The topological polar surface area (TPSA) is 126 Å². The lowest BCUT2D eigenvalue weighted by Crippen LogP contribution is -2.05. The van der Waals surface area contributed by atoms with Crippen molar-refractivity contribution in [2.75, 3.05) is 0 Å². The van der Waals surface area contributed by atoms with Crippen LogP contribution in [0.3, 0.4) is 0 Å². The zero-order chi connectivity index (χ0) is 46.1. The predicted octanol–water partition coefficient (Wildman–Crippen LogP) is 13.1. The maximum Gasteiger partial charge on any atom is 0.235 e. The van der Waals surface area contributed by atoms with E-state index in [9.17, 15) is 0 Å². The van der Waals surface area contributed by atoms with Gasteiger partial charge in [0, 0.05) is 79.4 Å². The number of aromatic nitrogens is 11. The van der Waals surface area contributed by atoms with Crippen molar-refractivity contribution in [2.24, 2.45) is 0 Å². The van der Waals surface area contributed by atoms with E-state index >= 15 is 0 Å². The molecule has 7 aromatic carbocycles. The van der Waals surface area contributed by atoms with Gasteiger partial charge < -0.3 is 0 Å². The Morgan fingerprint density at radius 1 is 0.314 bits per heavy atom. The Hall–Kier alpha value is -9.87. The minimum Gasteiger partial charge on any atom is -0.278 e. The zero-order valence-corrected chi connectivity index (χ0v) is 37.1. The summed E-state index contributed by atoms with van der Waals surface area (Å²) in [7, 11) is 0. The highest BCUT2D eigenvalue weighted by molar-refractivity contribution is 6.26. The number of hydrogen-bond acceptors (Lipinski definition) is 9. The summed E-state index contributed by atoms with van der Waals surface area (Å²) in [5.41, 5.74) is 11.4. The van der Waals surface area contributed by atoms with Crippen LogP contribution in [0.4, 0.5) is 0 Å². The van der Waals surface area contributed by atoms with Gasteiger partial charge in [0.2, 0.25) is 11.9 Å². The van der Waals surface area contributed by atoms with Gasteiger partial charge in [0.15, 0.2) is 17.5 Å². The van der Waals surface area contributed by atoms with Gasteiger partial charge >= 0.3 is 0 Å². The molecule has 0 amide bonds. The molecule has 0 saturated heterocycles. The fraction of sp³-hybridized carbons (Fsp3) is 0. The molecule has 11 nitrogen and oxygen atoms in total. The van der Waals surface area contributed by atoms with Crippen LogP contribution in [0.2, 0.25) is 0 Å². The van der Waals surface area contributed by atoms with Gasteiger partial charge in [-0.25, -0.2) is 34.9 Å². The van der Waals surface area contributed by atoms with Crippen LogP contribution in [0.5, 0.6) is 0 Å². The number of pyridine rings is 2. The first-order valence-corrected chi connectivity index (χ1v) is 22.9. The van der Waals surface area contributed by atoms with Crippen LogP contribution >= 0.6 is 0 Å². The molecule has 14 rings (SSSR count). The van der Waals surface area contributed by atoms with Crippen molar-refractivity contribution in [3.8, 4) is 68.6 Å². The van der Waals surface area contributed by atoms with Gasteiger partial charge in [0.05, 0.1) is 50.1 Å². The summed E-state index contributed by atoms with van der Waals surface area (Å²) in [5.74, 6) is 2.67. The molecule has 0 aliphatic carbocycles. The number of hydrogen-bond donors (Lipinski definition) is 0. The lowest BCUT2D eigenvalue weighted by molar-refractivity contribution is 0.981. The molecular formula is C59H35N11. The summed E-state index contributed by atoms with van der Waals surface area (Å²) < 4.78 is 4.34. The first kappa shape index (κ1) is 39.3. The van der Waals surface area contributed by atoms with Gasteiger partial charge in [-0.05, 0) is 36.4 Å². The largest absolute Gasteiger partial charge is 0.278 e. The van der Waals surface area contributed by atoms with Crippen molar-refractivity contribution < 1.29 is 0 Å². The van der Waals surface area contributed by atoms with Crippen LogP contribution in [0.25, 0.3) is 134 Å². The summed E-state index contributed by atoms with van der Waals surface area (Å²) >= 11 is 0. The van der Waals surface area contributed by atoms with Crippen LogP contribution in [0.1, 0.15) is 0 Å². The first-order chi connectivity index (χ1) is 34.7. The average Bonchev–Trinajstić information content (AvgIpc) is 3.97. The Morgan fingerprint density at radius 2 is 0.871 bits per heavy atom. The second kappa shape index (κ2) is 15.9. The number of para-hydroxylation sites is 2. The molecule has 0 spiro atoms. The van der Waals surface area contributed by atoms with Gasteiger partial charge in [-0.15, -0.1) is 0 Å². The fourth-order valence-electron chi connectivity index (χ4n) is 9.74. The van der Waals surface area contributed by atoms with Gasteiger partial charge in [-0.2, -0.15) is 0 Å². The predicted molar refractivity (Wildman–Crippen MR) is 277 cm³/mol. The molecule has 0 N–H and O–H groups in total. The molecule has 11 heteroatoms. The summed E-state index contributed by atoms with van der Waals surface area (Å²) in [6.07, 6.45) is 7.29. The Labute approximate surface area is 399 Å². The average molecular weight is 898 g/mol. The molecule has 0 saturated carbocycles. The molecule has 0 aliphatic rings. The fourth-order valence-corrected chi connectivity index (χ4v) is 9.74. The second-order valence-electron chi connectivity index (χ2n) is 17.1. The minimum atomic E-state index is 0.481. The van der Waals surface area contributed by atoms with E-state index in [1.165, 1.54) is 0 Å². The van der Waals surface area contributed by atoms with Crippen molar-refractivity contribution in [2.45, 2.75) is 0 Å². The molecule has 0 atom stereocenters. The normalized spacial score (nSPS) is 11.7. The highest BCUT2D eigenvalue weighted by Crippen LogP contribution is 2.42. The SMILES string of the molecule is c1ccc(-c2cc(-c3cnc4c(ccc5cccnc54)c3)nc(-n3c4ccccc4c4ccc5c(c6ccccc6n5-c5ncc(-c6nc(-c7ccccc7)nc(-c7ccccc7)n6)cn5)c43)n2)cc1. The zero-order valence-electron chi connectivity index (χ0n) is 37.1. The van der Waals surface area contributed by atoms with Crippen LogP contribution < -0.4 is 0 Å². The van der Waals surface area contributed by atoms with Crippen molar-refractivity contribution in [3.63, 3.8) is 0 Å². The van der Waals surface area contributed by atoms with E-state index in [2.05, 4.69) is 117 Å². The third kappa shape index (κ3) is 6.40. The van der Waals surface area contributed by atoms with Gasteiger partial charge in [0.25, 0.3) is 0 Å². The number of benzene rings is 7. The number of rotatable bonds is 7. The summed E-state index contributed by atoms with van der Waals surface area (Å²) in [6, 6.07) is 63.8. The minimum absolute atomic E-state index is 0.481. The maximum atomic E-state index is 5.43. The van der Waals surface area contributed by atoms with Crippen LogP contribution in [-0.4, -0.2) is 54.0 Å². The Balaban J connectivity index is 0.968. The second-order valence-corrected chi connectivity index (χ2v) is 17.1. The van der Waals surface area contributed by atoms with E-state index in [-0.39, 0.29) is 0 Å². The summed E-state index contributed by atoms with van der Waals surface area (Å²) in [4.78, 5) is 45.3.